The number of aromatic nitrogens is 1. The number of amides is 4. The SMILES string of the molecule is C=C1C2=C(C=C3c4nc5ccccc5cc4CN13)[C@](CC)(OC(=O)OCCSSC[C@H](CC(=O)[C@H](CC(=O)O)NC(=O)[C@@H](N)CNC(=O)[C@@H](CC(=O)[C@H](Cc1ccccc1)NC(=O)CCNC(=O)CC[C@H](NC(=S)N[C@@H](CCC(=O)O)OC=O)C(=O)O)Cc1ccccc1)C(=O)O)C(=O)OC2. The van der Waals surface area contributed by atoms with E-state index in [9.17, 15) is 77.6 Å². The van der Waals surface area contributed by atoms with Crippen LogP contribution in [-0.2, 0) is 95.9 Å². The summed E-state index contributed by atoms with van der Waals surface area (Å²) in [7, 11) is 2.09. The maximum absolute atomic E-state index is 14.3. The molecule has 4 aromatic rings. The Morgan fingerprint density at radius 3 is 2.09 bits per heavy atom. The fourth-order valence-corrected chi connectivity index (χ4v) is 13.6. The van der Waals surface area contributed by atoms with Crippen LogP contribution >= 0.6 is 33.8 Å². The average molecular weight is 1450 g/mol. The topological polar surface area (TPSA) is 454 Å². The lowest BCUT2D eigenvalue weighted by atomic mass is 9.82. The van der Waals surface area contributed by atoms with Gasteiger partial charge in [-0.2, -0.15) is 0 Å². The van der Waals surface area contributed by atoms with Gasteiger partial charge in [0.15, 0.2) is 22.9 Å². The monoisotopic (exact) mass is 1450 g/mol. The Morgan fingerprint density at radius 1 is 0.752 bits per heavy atom. The molecule has 3 aliphatic heterocycles. The van der Waals surface area contributed by atoms with Gasteiger partial charge in [0.2, 0.25) is 29.2 Å². The van der Waals surface area contributed by atoms with Crippen molar-refractivity contribution >= 4 is 133 Å². The van der Waals surface area contributed by atoms with Crippen LogP contribution in [0, 0.1) is 11.8 Å². The van der Waals surface area contributed by atoms with Crippen molar-refractivity contribution in [2.24, 2.45) is 17.6 Å². The van der Waals surface area contributed by atoms with Gasteiger partial charge in [0.25, 0.3) is 6.47 Å². The molecule has 538 valence electrons. The fraction of sp³-hybridized carbons (Fsp3) is 0.397. The van der Waals surface area contributed by atoms with Crippen LogP contribution in [-0.4, -0.2) is 187 Å². The molecule has 8 atom stereocenters. The van der Waals surface area contributed by atoms with Gasteiger partial charge in [0.1, 0.15) is 25.3 Å². The Labute approximate surface area is 592 Å². The number of hydrogen-bond acceptors (Lipinski definition) is 23. The highest BCUT2D eigenvalue weighted by Gasteiger charge is 2.53. The van der Waals surface area contributed by atoms with Gasteiger partial charge in [-0.05, 0) is 67.2 Å². The van der Waals surface area contributed by atoms with Crippen molar-refractivity contribution in [1.82, 2.24) is 41.8 Å². The van der Waals surface area contributed by atoms with E-state index in [0.717, 1.165) is 38.1 Å². The van der Waals surface area contributed by atoms with E-state index < -0.39 is 151 Å². The third-order valence-corrected chi connectivity index (χ3v) is 19.2. The van der Waals surface area contributed by atoms with E-state index in [2.05, 4.69) is 38.5 Å². The van der Waals surface area contributed by atoms with Crippen molar-refractivity contribution in [1.29, 1.82) is 0 Å². The number of esters is 1. The largest absolute Gasteiger partial charge is 0.509 e. The highest BCUT2D eigenvalue weighted by atomic mass is 33.1. The van der Waals surface area contributed by atoms with Gasteiger partial charge in [0.05, 0.1) is 54.3 Å². The summed E-state index contributed by atoms with van der Waals surface area (Å²) < 4.78 is 21.5. The molecule has 0 unspecified atom stereocenters. The van der Waals surface area contributed by atoms with E-state index in [1.165, 1.54) is 0 Å². The molecule has 7 rings (SSSR count). The van der Waals surface area contributed by atoms with Gasteiger partial charge in [0, 0.05) is 90.4 Å². The first-order valence-electron chi connectivity index (χ1n) is 32.0. The summed E-state index contributed by atoms with van der Waals surface area (Å²) in [6, 6.07) is 20.9. The molecular formula is C68H77N9O21S3. The van der Waals surface area contributed by atoms with E-state index in [-0.39, 0.29) is 87.8 Å². The predicted molar refractivity (Wildman–Crippen MR) is 369 cm³/mol. The number of nitrogens with zero attached hydrogens (tertiary/aromatic N) is 2. The van der Waals surface area contributed by atoms with E-state index >= 15 is 0 Å². The molecule has 33 heteroatoms. The number of cyclic esters (lactones) is 1. The number of Topliss-reactive ketones (excluding diaryl/α,β-unsaturated/α-hetero) is 2. The Balaban J connectivity index is 0.882. The smallest absolute Gasteiger partial charge is 0.481 e. The molecule has 0 aliphatic carbocycles. The summed E-state index contributed by atoms with van der Waals surface area (Å²) in [4.78, 5) is 174. The maximum atomic E-state index is 14.3. The fourth-order valence-electron chi connectivity index (χ4n) is 11.2. The number of carbonyl (C=O) groups is 13. The molecule has 0 saturated carbocycles. The zero-order valence-corrected chi connectivity index (χ0v) is 57.2. The second-order valence-corrected chi connectivity index (χ2v) is 26.6. The Kier molecular flexibility index (Phi) is 29.2. The second-order valence-electron chi connectivity index (χ2n) is 23.6. The van der Waals surface area contributed by atoms with Crippen LogP contribution in [0.5, 0.6) is 0 Å². The molecule has 1 aromatic heterocycles. The number of carboxylic acids is 4. The van der Waals surface area contributed by atoms with Crippen molar-refractivity contribution in [2.75, 3.05) is 37.8 Å². The minimum absolute atomic E-state index is 0.0132. The third-order valence-electron chi connectivity index (χ3n) is 16.5. The van der Waals surface area contributed by atoms with Gasteiger partial charge < -0.3 is 81.9 Å². The molecule has 4 amide bonds. The lowest BCUT2D eigenvalue weighted by Gasteiger charge is -2.40. The van der Waals surface area contributed by atoms with Crippen molar-refractivity contribution in [3.63, 3.8) is 0 Å². The summed E-state index contributed by atoms with van der Waals surface area (Å²) in [5.74, 6) is -13.6. The van der Waals surface area contributed by atoms with Gasteiger partial charge >= 0.3 is 36.0 Å². The summed E-state index contributed by atoms with van der Waals surface area (Å²) in [5.41, 5.74) is 10.2. The predicted octanol–water partition coefficient (Wildman–Crippen LogP) is 3.63. The van der Waals surface area contributed by atoms with Crippen LogP contribution in [0.15, 0.2) is 120 Å². The minimum Gasteiger partial charge on any atom is -0.481 e. The number of carboxylic acid groups (broad SMARTS) is 4. The zero-order chi connectivity index (χ0) is 73.3. The molecule has 0 fully saturated rings. The number of fused-ring (bicyclic) bond motifs is 4. The Bertz CT molecular complexity index is 3860. The first-order chi connectivity index (χ1) is 48.3. The number of aliphatic carboxylic acids is 4. The minimum atomic E-state index is -1.89. The van der Waals surface area contributed by atoms with Crippen molar-refractivity contribution in [3.05, 3.63) is 143 Å². The first-order valence-corrected chi connectivity index (χ1v) is 34.9. The van der Waals surface area contributed by atoms with Crippen LogP contribution in [0.1, 0.15) is 87.1 Å². The number of pyridine rings is 1. The molecular weight excluding hydrogens is 1370 g/mol. The number of ketones is 2. The molecule has 12 N–H and O–H groups in total. The number of rotatable bonds is 41. The van der Waals surface area contributed by atoms with E-state index in [1.54, 1.807) is 73.7 Å². The summed E-state index contributed by atoms with van der Waals surface area (Å²) >= 11 is 5.09. The quantitative estimate of drug-likeness (QED) is 0.00575. The number of carbonyl (C=O) groups excluding carboxylic acids is 9. The highest BCUT2D eigenvalue weighted by Crippen LogP contribution is 2.48. The maximum Gasteiger partial charge on any atom is 0.509 e. The average Bonchev–Trinajstić information content (AvgIpc) is 1.65. The van der Waals surface area contributed by atoms with Crippen LogP contribution in [0.2, 0.25) is 0 Å². The van der Waals surface area contributed by atoms with E-state index in [1.807, 2.05) is 35.2 Å². The summed E-state index contributed by atoms with van der Waals surface area (Å²) in [6.45, 7) is 5.30. The lowest BCUT2D eigenvalue weighted by molar-refractivity contribution is -0.165. The summed E-state index contributed by atoms with van der Waals surface area (Å²) in [5, 5.41) is 54.2. The lowest BCUT2D eigenvalue weighted by Crippen LogP contribution is -2.53. The van der Waals surface area contributed by atoms with Crippen LogP contribution < -0.4 is 37.6 Å². The standard InChI is InChI=1S/C68H77N9O21S3/c1-3-68(46-31-52-60-43(28-41-16-10-11-17-48(41)73-60)34-77(52)38(2)45(46)35-96-65(68)93)98-67(94)95-24-25-100-101-36-44(63(89)90)30-54(80)51(32-59(85)86)74-62(88)47(69)33-71-61(87)42(26-39-12-6-4-7-13-39)29-53(79)50(27-40-14-8-5-9-15-40)72-56(82)22-23-70-55(81)19-18-49(64(91)92)75-66(99)76-57(97-37-78)20-21-58(83)84/h4-17,28,31,37,42,44,47,49-51,57H,2-3,18-27,29-30,32-36,69H2,1H3,(H,70,81)(H,71,87)(H,72,82)(H,74,88)(H,83,84)(H,85,86)(H,89,90)(H,91,92)(H2,75,76,99)/t42-,44+,47+,49+,50+,51+,57-,68+/m1/s1. The Morgan fingerprint density at radius 2 is 1.43 bits per heavy atom. The van der Waals surface area contributed by atoms with Gasteiger partial charge in [-0.1, -0.05) is 114 Å². The first kappa shape index (κ1) is 78.1. The molecule has 4 heterocycles. The number of benzene rings is 3. The molecule has 3 aliphatic rings. The van der Waals surface area contributed by atoms with Gasteiger partial charge in [-0.3, -0.25) is 47.9 Å². The second kappa shape index (κ2) is 37.8. The number of ether oxygens (including phenoxy) is 4. The van der Waals surface area contributed by atoms with Crippen LogP contribution in [0.4, 0.5) is 4.79 Å². The van der Waals surface area contributed by atoms with Crippen molar-refractivity contribution in [3.8, 4) is 0 Å². The molecule has 0 bridgehead atoms. The molecule has 30 nitrogen and oxygen atoms in total. The number of thiocarbonyl (C=S) groups is 1. The molecule has 0 spiro atoms. The molecule has 0 radical (unpaired) electrons. The van der Waals surface area contributed by atoms with E-state index in [4.69, 9.17) is 47.0 Å². The van der Waals surface area contributed by atoms with Gasteiger partial charge in [-0.25, -0.2) is 19.4 Å². The zero-order valence-electron chi connectivity index (χ0n) is 54.7. The van der Waals surface area contributed by atoms with Crippen LogP contribution in [0.25, 0.3) is 16.6 Å². The van der Waals surface area contributed by atoms with Crippen LogP contribution in [0.3, 0.4) is 0 Å². The number of nitrogens with one attached hydrogen (secondary N) is 6. The van der Waals surface area contributed by atoms with Crippen molar-refractivity contribution < 1.29 is 102 Å². The number of para-hydroxylation sites is 1. The van der Waals surface area contributed by atoms with Gasteiger partial charge in [-0.15, -0.1) is 0 Å². The molecule has 3 aromatic carbocycles. The number of hydrogen-bond donors (Lipinski definition) is 11. The molecule has 0 saturated heterocycles. The normalized spacial score (nSPS) is 16.4. The third kappa shape index (κ3) is 22.6. The van der Waals surface area contributed by atoms with E-state index in [0.29, 0.717) is 45.9 Å². The van der Waals surface area contributed by atoms with Crippen molar-refractivity contribution in [2.45, 2.75) is 120 Å². The molecule has 101 heavy (non-hydrogen) atoms. The highest BCUT2D eigenvalue weighted by molar-refractivity contribution is 8.76. The number of nitrogens with two attached hydrogens (primary N) is 1. The Hall–Kier alpha value is -10.3. The summed E-state index contributed by atoms with van der Waals surface area (Å²) in [6.07, 6.45) is -4.40.